The van der Waals surface area contributed by atoms with Gasteiger partial charge in [-0.25, -0.2) is 0 Å². The molecule has 0 aliphatic carbocycles. The van der Waals surface area contributed by atoms with Gasteiger partial charge < -0.3 is 0 Å². The minimum Gasteiger partial charge on any atom is -0.298 e. The summed E-state index contributed by atoms with van der Waals surface area (Å²) in [6.07, 6.45) is 0. The van der Waals surface area contributed by atoms with Crippen molar-refractivity contribution >= 4 is 37.6 Å². The lowest BCUT2D eigenvalue weighted by Crippen LogP contribution is -2.44. The van der Waals surface area contributed by atoms with Crippen LogP contribution in [-0.2, 0) is 4.79 Å². The Morgan fingerprint density at radius 1 is 0.929 bits per heavy atom. The molecule has 84 valence electrons. The molecule has 0 spiro atoms. The van der Waals surface area contributed by atoms with Crippen molar-refractivity contribution in [2.24, 2.45) is 10.8 Å². The van der Waals surface area contributed by atoms with E-state index in [1.165, 1.54) is 0 Å². The van der Waals surface area contributed by atoms with Gasteiger partial charge in [-0.2, -0.15) is 0 Å². The molecule has 0 saturated carbocycles. The van der Waals surface area contributed by atoms with Gasteiger partial charge in [0, 0.05) is 20.5 Å². The number of carbonyl (C=O) groups is 1. The molecule has 0 radical (unpaired) electrons. The summed E-state index contributed by atoms with van der Waals surface area (Å²) in [4.78, 5) is 12.7. The molecule has 1 nitrogen and oxygen atoms in total. The van der Waals surface area contributed by atoms with E-state index in [9.17, 15) is 4.79 Å². The van der Waals surface area contributed by atoms with Gasteiger partial charge in [0.1, 0.15) is 5.78 Å². The molecule has 14 heavy (non-hydrogen) atoms. The number of rotatable bonds is 4. The highest BCUT2D eigenvalue weighted by atomic mass is 79.9. The van der Waals surface area contributed by atoms with Gasteiger partial charge in [0.25, 0.3) is 0 Å². The quantitative estimate of drug-likeness (QED) is 0.708. The monoisotopic (exact) mass is 326 g/mol. The highest BCUT2D eigenvalue weighted by Gasteiger charge is 2.43. The molecule has 0 bridgehead atoms. The molecule has 0 N–H and O–H groups in total. The first-order valence-electron chi connectivity index (χ1n) is 4.87. The number of Topliss-reactive ketones (excluding diaryl/α,β-unsaturated/α-hetero) is 1. The molecule has 2 atom stereocenters. The molecule has 0 saturated heterocycles. The average molecular weight is 328 g/mol. The van der Waals surface area contributed by atoms with Crippen LogP contribution in [0.4, 0.5) is 0 Å². The predicted octanol–water partition coefficient (Wildman–Crippen LogP) is 4.17. The van der Waals surface area contributed by atoms with Gasteiger partial charge in [-0.1, -0.05) is 73.4 Å². The van der Waals surface area contributed by atoms with Crippen LogP contribution in [0, 0.1) is 10.8 Å². The highest BCUT2D eigenvalue weighted by molar-refractivity contribution is 9.09. The Balaban J connectivity index is 4.96. The average Bonchev–Trinajstić information content (AvgIpc) is 2.02. The Kier molecular flexibility index (Phi) is 4.86. The van der Waals surface area contributed by atoms with Crippen molar-refractivity contribution in [1.82, 2.24) is 0 Å². The normalized spacial score (nSPS) is 17.7. The number of halogens is 2. The first-order valence-corrected chi connectivity index (χ1v) is 6.70. The molecule has 0 aliphatic heterocycles. The highest BCUT2D eigenvalue weighted by Crippen LogP contribution is 2.39. The van der Waals surface area contributed by atoms with Crippen LogP contribution in [0.25, 0.3) is 0 Å². The van der Waals surface area contributed by atoms with Crippen LogP contribution in [0.2, 0.25) is 0 Å². The van der Waals surface area contributed by atoms with Crippen LogP contribution in [-0.4, -0.2) is 15.4 Å². The zero-order valence-electron chi connectivity index (χ0n) is 9.82. The lowest BCUT2D eigenvalue weighted by Gasteiger charge is -2.37. The topological polar surface area (TPSA) is 17.1 Å². The second-order valence-electron chi connectivity index (χ2n) is 5.00. The molecule has 0 amide bonds. The molecule has 0 aromatic heterocycles. The Hall–Kier alpha value is 0.630. The van der Waals surface area contributed by atoms with E-state index in [1.807, 2.05) is 41.5 Å². The molecular formula is C11H20Br2O. The second kappa shape index (κ2) is 4.65. The molecule has 0 rings (SSSR count). The fourth-order valence-electron chi connectivity index (χ4n) is 1.19. The zero-order valence-corrected chi connectivity index (χ0v) is 13.0. The van der Waals surface area contributed by atoms with Crippen LogP contribution >= 0.6 is 31.9 Å². The van der Waals surface area contributed by atoms with Crippen molar-refractivity contribution < 1.29 is 4.79 Å². The number of carbonyl (C=O) groups excluding carboxylic acids is 1. The Morgan fingerprint density at radius 2 is 1.14 bits per heavy atom. The molecule has 3 heteroatoms. The molecule has 0 aromatic rings. The minimum atomic E-state index is -0.328. The summed E-state index contributed by atoms with van der Waals surface area (Å²) in [6.45, 7) is 12.0. The number of hydrogen-bond donors (Lipinski definition) is 0. The van der Waals surface area contributed by atoms with E-state index in [-0.39, 0.29) is 20.5 Å². The summed E-state index contributed by atoms with van der Waals surface area (Å²) in [5.74, 6) is 0.291. The van der Waals surface area contributed by atoms with E-state index < -0.39 is 0 Å². The lowest BCUT2D eigenvalue weighted by atomic mass is 9.71. The van der Waals surface area contributed by atoms with E-state index >= 15 is 0 Å². The predicted molar refractivity (Wildman–Crippen MR) is 69.3 cm³/mol. The van der Waals surface area contributed by atoms with E-state index in [1.54, 1.807) is 0 Å². The van der Waals surface area contributed by atoms with Gasteiger partial charge in [-0.05, 0) is 0 Å². The van der Waals surface area contributed by atoms with Gasteiger partial charge in [0.2, 0.25) is 0 Å². The summed E-state index contributed by atoms with van der Waals surface area (Å²) < 4.78 is 0. The third kappa shape index (κ3) is 2.82. The molecular weight excluding hydrogens is 308 g/mol. The zero-order chi connectivity index (χ0) is 11.7. The van der Waals surface area contributed by atoms with Gasteiger partial charge in [0.15, 0.2) is 0 Å². The smallest absolute Gasteiger partial charge is 0.146 e. The van der Waals surface area contributed by atoms with Gasteiger partial charge in [-0.3, -0.25) is 4.79 Å². The summed E-state index contributed by atoms with van der Waals surface area (Å²) in [6, 6.07) is 0. The van der Waals surface area contributed by atoms with Crippen molar-refractivity contribution in [2.75, 3.05) is 0 Å². The minimum absolute atomic E-state index is 0.188. The fourth-order valence-corrected chi connectivity index (χ4v) is 1.61. The van der Waals surface area contributed by atoms with Crippen molar-refractivity contribution in [3.63, 3.8) is 0 Å². The molecule has 0 aromatic carbocycles. The second-order valence-corrected chi connectivity index (χ2v) is 7.75. The Labute approximate surface area is 104 Å². The van der Waals surface area contributed by atoms with Crippen LogP contribution in [0.1, 0.15) is 41.5 Å². The van der Waals surface area contributed by atoms with Crippen LogP contribution in [0.5, 0.6) is 0 Å². The third-order valence-corrected chi connectivity index (χ3v) is 5.45. The lowest BCUT2D eigenvalue weighted by molar-refractivity contribution is -0.135. The summed E-state index contributed by atoms with van der Waals surface area (Å²) in [5.41, 5.74) is -0.656. The molecule has 0 aliphatic rings. The van der Waals surface area contributed by atoms with Crippen LogP contribution in [0.15, 0.2) is 0 Å². The Bertz CT molecular complexity index is 195. The van der Waals surface area contributed by atoms with Crippen molar-refractivity contribution in [3.05, 3.63) is 0 Å². The molecule has 0 heterocycles. The van der Waals surface area contributed by atoms with Gasteiger partial charge in [-0.15, -0.1) is 0 Å². The van der Waals surface area contributed by atoms with Crippen LogP contribution in [0.3, 0.4) is 0 Å². The fraction of sp³-hybridized carbons (Fsp3) is 0.909. The van der Waals surface area contributed by atoms with E-state index in [0.717, 1.165) is 0 Å². The van der Waals surface area contributed by atoms with E-state index in [2.05, 4.69) is 31.9 Å². The van der Waals surface area contributed by atoms with Crippen molar-refractivity contribution in [3.8, 4) is 0 Å². The van der Waals surface area contributed by atoms with Crippen LogP contribution < -0.4 is 0 Å². The molecule has 0 fully saturated rings. The van der Waals surface area contributed by atoms with Crippen molar-refractivity contribution in [2.45, 2.75) is 51.2 Å². The maximum Gasteiger partial charge on any atom is 0.146 e. The number of alkyl halides is 2. The standard InChI is InChI=1S/C11H20Br2O/c1-7(12)10(3,4)9(14)11(5,6)8(2)13/h7-8H,1-6H3. The number of hydrogen-bond acceptors (Lipinski definition) is 1. The Morgan fingerprint density at radius 3 is 1.29 bits per heavy atom. The maximum atomic E-state index is 12.3. The summed E-state index contributed by atoms with van der Waals surface area (Å²) >= 11 is 7.00. The number of ketones is 1. The summed E-state index contributed by atoms with van der Waals surface area (Å²) in [5, 5.41) is 0. The van der Waals surface area contributed by atoms with Crippen molar-refractivity contribution in [1.29, 1.82) is 0 Å². The van der Waals surface area contributed by atoms with Gasteiger partial charge >= 0.3 is 0 Å². The first-order chi connectivity index (χ1) is 6.04. The maximum absolute atomic E-state index is 12.3. The third-order valence-electron chi connectivity index (χ3n) is 3.16. The first kappa shape index (κ1) is 14.6. The van der Waals surface area contributed by atoms with E-state index in [4.69, 9.17) is 0 Å². The largest absolute Gasteiger partial charge is 0.298 e. The van der Waals surface area contributed by atoms with E-state index in [0.29, 0.717) is 5.78 Å². The van der Waals surface area contributed by atoms with Gasteiger partial charge in [0.05, 0.1) is 0 Å². The molecule has 2 unspecified atom stereocenters. The SMILES string of the molecule is CC(Br)C(C)(C)C(=O)C(C)(C)C(C)Br. The summed E-state index contributed by atoms with van der Waals surface area (Å²) in [7, 11) is 0.